The molecule has 4 rings (SSSR count). The van der Waals surface area contributed by atoms with Crippen LogP contribution in [0.15, 0.2) is 0 Å². The van der Waals surface area contributed by atoms with Crippen molar-refractivity contribution in [1.29, 1.82) is 0 Å². The summed E-state index contributed by atoms with van der Waals surface area (Å²) in [6, 6.07) is 1.37. The van der Waals surface area contributed by atoms with E-state index in [0.29, 0.717) is 12.0 Å². The highest BCUT2D eigenvalue weighted by Crippen LogP contribution is 2.48. The maximum atomic E-state index is 6.01. The van der Waals surface area contributed by atoms with Crippen LogP contribution in [0.1, 0.15) is 43.6 Å². The average molecular weight is 264 g/mol. The van der Waals surface area contributed by atoms with Crippen LogP contribution < -0.4 is 11.1 Å². The van der Waals surface area contributed by atoms with E-state index >= 15 is 0 Å². The van der Waals surface area contributed by atoms with E-state index in [-0.39, 0.29) is 0 Å². The molecule has 1 aliphatic carbocycles. The topological polar surface area (TPSA) is 54.2 Å². The minimum absolute atomic E-state index is 0.616. The van der Waals surface area contributed by atoms with E-state index in [9.17, 15) is 0 Å². The smallest absolute Gasteiger partial charge is 0.142 e. The molecule has 0 spiro atoms. The molecule has 18 heavy (non-hydrogen) atoms. The largest absolute Gasteiger partial charge is 0.383 e. The molecule has 0 bridgehead atoms. The van der Waals surface area contributed by atoms with Gasteiger partial charge in [0.05, 0.1) is 0 Å². The predicted molar refractivity (Wildman–Crippen MR) is 75.1 cm³/mol. The van der Waals surface area contributed by atoms with Crippen molar-refractivity contribution in [1.82, 2.24) is 9.27 Å². The molecular formula is C13H20N4S. The summed E-state index contributed by atoms with van der Waals surface area (Å²) in [5.74, 6) is 1.46. The Bertz CT molecular complexity index is 454. The Morgan fingerprint density at radius 1 is 1.22 bits per heavy atom. The van der Waals surface area contributed by atoms with Crippen LogP contribution in [0.2, 0.25) is 0 Å². The summed E-state index contributed by atoms with van der Waals surface area (Å²) in [5, 5.41) is 5.02. The number of fused-ring (bicyclic) bond motifs is 1. The van der Waals surface area contributed by atoms with Gasteiger partial charge in [-0.25, -0.2) is 0 Å². The normalized spacial score (nSPS) is 31.8. The number of hydrogen-bond donors (Lipinski definition) is 2. The second kappa shape index (κ2) is 4.10. The zero-order chi connectivity index (χ0) is 12.1. The van der Waals surface area contributed by atoms with Gasteiger partial charge in [0.25, 0.3) is 0 Å². The second-order valence-electron chi connectivity index (χ2n) is 5.87. The van der Waals surface area contributed by atoms with Gasteiger partial charge in [-0.15, -0.1) is 0 Å². The van der Waals surface area contributed by atoms with Gasteiger partial charge in [0, 0.05) is 24.2 Å². The first-order valence-electron chi connectivity index (χ1n) is 7.08. The number of aromatic nitrogens is 1. The lowest BCUT2D eigenvalue weighted by atomic mass is 10.1. The number of nitrogens with zero attached hydrogens (tertiary/aromatic N) is 2. The molecule has 2 aliphatic heterocycles. The summed E-state index contributed by atoms with van der Waals surface area (Å²) in [4.78, 5) is 2.64. The molecular weight excluding hydrogens is 244 g/mol. The first-order valence-corrected chi connectivity index (χ1v) is 7.86. The van der Waals surface area contributed by atoms with Gasteiger partial charge in [0.2, 0.25) is 0 Å². The van der Waals surface area contributed by atoms with Crippen molar-refractivity contribution in [3.63, 3.8) is 0 Å². The maximum absolute atomic E-state index is 6.01. The van der Waals surface area contributed by atoms with E-state index in [1.54, 1.807) is 11.5 Å². The van der Waals surface area contributed by atoms with Crippen LogP contribution in [0.3, 0.4) is 0 Å². The molecule has 2 unspecified atom stereocenters. The highest BCUT2D eigenvalue weighted by Gasteiger charge is 2.38. The van der Waals surface area contributed by atoms with Crippen LogP contribution in [0, 0.1) is 0 Å². The molecule has 98 valence electrons. The molecule has 1 aromatic heterocycles. The predicted octanol–water partition coefficient (Wildman–Crippen LogP) is 2.25. The van der Waals surface area contributed by atoms with Crippen LogP contribution in [0.25, 0.3) is 0 Å². The third-order valence-corrected chi connectivity index (χ3v) is 5.47. The standard InChI is InChI=1S/C13H20N4S/c14-12-11(8-3-4-8)13(18-16-12)15-9-5-7-17-6-1-2-10(9)17/h8-10,15H,1-7H2,(H2,14,16). The zero-order valence-corrected chi connectivity index (χ0v) is 11.4. The summed E-state index contributed by atoms with van der Waals surface area (Å²) in [6.45, 7) is 2.55. The highest BCUT2D eigenvalue weighted by molar-refractivity contribution is 7.10. The van der Waals surface area contributed by atoms with E-state index < -0.39 is 0 Å². The number of hydrogen-bond acceptors (Lipinski definition) is 5. The Morgan fingerprint density at radius 2 is 2.11 bits per heavy atom. The molecule has 0 amide bonds. The number of nitrogens with one attached hydrogen (secondary N) is 1. The number of rotatable bonds is 3. The quantitative estimate of drug-likeness (QED) is 0.879. The molecule has 3 heterocycles. The van der Waals surface area contributed by atoms with Gasteiger partial charge in [-0.3, -0.25) is 4.90 Å². The molecule has 3 fully saturated rings. The van der Waals surface area contributed by atoms with E-state index in [0.717, 1.165) is 11.9 Å². The zero-order valence-electron chi connectivity index (χ0n) is 10.6. The minimum atomic E-state index is 0.616. The van der Waals surface area contributed by atoms with Crippen LogP contribution in [0.4, 0.5) is 10.8 Å². The molecule has 2 atom stereocenters. The highest BCUT2D eigenvalue weighted by atomic mass is 32.1. The summed E-state index contributed by atoms with van der Waals surface area (Å²) >= 11 is 1.56. The van der Waals surface area contributed by atoms with Gasteiger partial charge in [0.1, 0.15) is 10.8 Å². The van der Waals surface area contributed by atoms with Gasteiger partial charge >= 0.3 is 0 Å². The molecule has 3 aliphatic rings. The Labute approximate surface area is 112 Å². The number of anilines is 2. The van der Waals surface area contributed by atoms with Crippen LogP contribution in [0.5, 0.6) is 0 Å². The van der Waals surface area contributed by atoms with Crippen LogP contribution >= 0.6 is 11.5 Å². The SMILES string of the molecule is Nc1nsc(NC2CCN3CCCC23)c1C1CC1. The summed E-state index contributed by atoms with van der Waals surface area (Å²) < 4.78 is 4.35. The molecule has 4 nitrogen and oxygen atoms in total. The first-order chi connectivity index (χ1) is 8.83. The lowest BCUT2D eigenvalue weighted by Crippen LogP contribution is -2.33. The fourth-order valence-electron chi connectivity index (χ4n) is 3.60. The van der Waals surface area contributed by atoms with Gasteiger partial charge in [-0.05, 0) is 56.1 Å². The second-order valence-corrected chi connectivity index (χ2v) is 6.64. The Kier molecular flexibility index (Phi) is 2.52. The molecule has 0 radical (unpaired) electrons. The van der Waals surface area contributed by atoms with Gasteiger partial charge in [-0.1, -0.05) is 0 Å². The maximum Gasteiger partial charge on any atom is 0.142 e. The molecule has 5 heteroatoms. The van der Waals surface area contributed by atoms with Crippen molar-refractivity contribution >= 4 is 22.4 Å². The van der Waals surface area contributed by atoms with E-state index in [1.807, 2.05) is 0 Å². The van der Waals surface area contributed by atoms with Crippen molar-refractivity contribution in [3.05, 3.63) is 5.56 Å². The Balaban J connectivity index is 1.54. The van der Waals surface area contributed by atoms with Crippen LogP contribution in [-0.2, 0) is 0 Å². The third-order valence-electron chi connectivity index (χ3n) is 4.66. The van der Waals surface area contributed by atoms with Crippen molar-refractivity contribution in [2.75, 3.05) is 24.1 Å². The lowest BCUT2D eigenvalue weighted by molar-refractivity contribution is 0.318. The fraction of sp³-hybridized carbons (Fsp3) is 0.769. The van der Waals surface area contributed by atoms with Crippen LogP contribution in [-0.4, -0.2) is 34.4 Å². The molecule has 2 saturated heterocycles. The van der Waals surface area contributed by atoms with Crippen molar-refractivity contribution in [3.8, 4) is 0 Å². The summed E-state index contributed by atoms with van der Waals surface area (Å²) in [6.07, 6.45) is 6.56. The Morgan fingerprint density at radius 3 is 2.94 bits per heavy atom. The molecule has 0 aromatic carbocycles. The number of nitrogens with two attached hydrogens (primary N) is 1. The average Bonchev–Trinajstić information content (AvgIpc) is 2.82. The fourth-order valence-corrected chi connectivity index (χ4v) is 4.46. The van der Waals surface area contributed by atoms with E-state index in [2.05, 4.69) is 14.6 Å². The summed E-state index contributed by atoms with van der Waals surface area (Å²) in [7, 11) is 0. The lowest BCUT2D eigenvalue weighted by Gasteiger charge is -2.21. The van der Waals surface area contributed by atoms with Gasteiger partial charge in [-0.2, -0.15) is 4.37 Å². The van der Waals surface area contributed by atoms with Gasteiger partial charge in [0.15, 0.2) is 0 Å². The number of nitrogen functional groups attached to an aromatic ring is 1. The third kappa shape index (κ3) is 1.72. The molecule has 1 saturated carbocycles. The monoisotopic (exact) mass is 264 g/mol. The summed E-state index contributed by atoms with van der Waals surface area (Å²) in [5.41, 5.74) is 7.33. The Hall–Kier alpha value is -0.810. The molecule has 3 N–H and O–H groups in total. The van der Waals surface area contributed by atoms with Crippen molar-refractivity contribution < 1.29 is 0 Å². The van der Waals surface area contributed by atoms with E-state index in [1.165, 1.54) is 55.8 Å². The first kappa shape index (κ1) is 11.1. The minimum Gasteiger partial charge on any atom is -0.383 e. The van der Waals surface area contributed by atoms with Crippen molar-refractivity contribution in [2.45, 2.75) is 50.1 Å². The molecule has 1 aromatic rings. The van der Waals surface area contributed by atoms with E-state index in [4.69, 9.17) is 5.73 Å². The van der Waals surface area contributed by atoms with Gasteiger partial charge < -0.3 is 11.1 Å². The van der Waals surface area contributed by atoms with Crippen molar-refractivity contribution in [2.24, 2.45) is 0 Å².